The summed E-state index contributed by atoms with van der Waals surface area (Å²) >= 11 is 0.931. The van der Waals surface area contributed by atoms with E-state index in [1.807, 2.05) is 6.07 Å². The van der Waals surface area contributed by atoms with E-state index in [0.29, 0.717) is 23.4 Å². The number of nitrogens with one attached hydrogen (secondary N) is 1. The van der Waals surface area contributed by atoms with Gasteiger partial charge in [-0.25, -0.2) is 0 Å². The van der Waals surface area contributed by atoms with Gasteiger partial charge in [0.05, 0.1) is 28.5 Å². The minimum Gasteiger partial charge on any atom is -0.481 e. The van der Waals surface area contributed by atoms with Crippen LogP contribution in [0.3, 0.4) is 0 Å². The molecular formula is C13H13N3O3S. The molecule has 1 fully saturated rings. The predicted molar refractivity (Wildman–Crippen MR) is 70.9 cm³/mol. The third-order valence-corrected chi connectivity index (χ3v) is 4.84. The van der Waals surface area contributed by atoms with Crippen molar-refractivity contribution in [2.75, 3.05) is 5.75 Å². The van der Waals surface area contributed by atoms with Crippen molar-refractivity contribution in [2.24, 2.45) is 11.3 Å². The number of carbonyl (C=O) groups is 2. The summed E-state index contributed by atoms with van der Waals surface area (Å²) in [6.45, 7) is 0. The predicted octanol–water partition coefficient (Wildman–Crippen LogP) is 1.37. The maximum Gasteiger partial charge on any atom is 0.313 e. The number of hydrogen-bond acceptors (Lipinski definition) is 5. The molecule has 1 atom stereocenters. The van der Waals surface area contributed by atoms with Gasteiger partial charge < -0.3 is 10.4 Å². The summed E-state index contributed by atoms with van der Waals surface area (Å²) in [5.41, 5.74) is -0.362. The molecular weight excluding hydrogens is 278 g/mol. The number of carboxylic acid groups (broad SMARTS) is 1. The molecule has 0 aromatic heterocycles. The Bertz CT molecular complexity index is 564. The lowest BCUT2D eigenvalue weighted by Crippen LogP contribution is -2.46. The minimum absolute atomic E-state index is 0.228. The summed E-state index contributed by atoms with van der Waals surface area (Å²) < 4.78 is 0. The van der Waals surface area contributed by atoms with Gasteiger partial charge in [0.15, 0.2) is 0 Å². The molecule has 2 rings (SSSR count). The van der Waals surface area contributed by atoms with Gasteiger partial charge in [-0.3, -0.25) is 9.59 Å². The van der Waals surface area contributed by atoms with Gasteiger partial charge in [-0.15, -0.1) is 0 Å². The average molecular weight is 291 g/mol. The lowest BCUT2D eigenvalue weighted by atomic mass is 9.67. The molecule has 6 nitrogen and oxygen atoms in total. The van der Waals surface area contributed by atoms with Crippen LogP contribution in [0.15, 0.2) is 10.6 Å². The molecule has 1 saturated carbocycles. The van der Waals surface area contributed by atoms with Gasteiger partial charge in [0.2, 0.25) is 5.91 Å². The van der Waals surface area contributed by atoms with Crippen molar-refractivity contribution in [2.45, 2.75) is 25.7 Å². The topological polar surface area (TPSA) is 114 Å². The van der Waals surface area contributed by atoms with Gasteiger partial charge in [0.1, 0.15) is 5.92 Å². The lowest BCUT2D eigenvalue weighted by molar-refractivity contribution is -0.134. The Morgan fingerprint density at radius 3 is 2.60 bits per heavy atom. The molecule has 104 valence electrons. The number of allylic oxidation sites excluding steroid dienone is 1. The van der Waals surface area contributed by atoms with Crippen LogP contribution in [0, 0.1) is 34.0 Å². The van der Waals surface area contributed by atoms with E-state index in [0.717, 1.165) is 24.6 Å². The Labute approximate surface area is 120 Å². The Kier molecular flexibility index (Phi) is 4.01. The second-order valence-electron chi connectivity index (χ2n) is 4.91. The first kappa shape index (κ1) is 14.4. The quantitative estimate of drug-likeness (QED) is 0.811. The monoisotopic (exact) mass is 291 g/mol. The van der Waals surface area contributed by atoms with Crippen LogP contribution in [-0.2, 0) is 9.59 Å². The molecule has 0 bridgehead atoms. The number of rotatable bonds is 3. The van der Waals surface area contributed by atoms with Crippen LogP contribution in [0.5, 0.6) is 0 Å². The normalized spacial score (nSPS) is 24.1. The highest BCUT2D eigenvalue weighted by atomic mass is 32.2. The van der Waals surface area contributed by atoms with E-state index >= 15 is 0 Å². The number of amides is 1. The Balaban J connectivity index is 2.46. The van der Waals surface area contributed by atoms with Crippen LogP contribution in [-0.4, -0.2) is 22.7 Å². The highest BCUT2D eigenvalue weighted by molar-refractivity contribution is 8.03. The third-order valence-electron chi connectivity index (χ3n) is 3.85. The fourth-order valence-electron chi connectivity index (χ4n) is 3.00. The summed E-state index contributed by atoms with van der Waals surface area (Å²) in [6.07, 6.45) is 2.98. The number of aliphatic carboxylic acids is 1. The van der Waals surface area contributed by atoms with Crippen molar-refractivity contribution in [1.29, 1.82) is 10.5 Å². The van der Waals surface area contributed by atoms with Crippen molar-refractivity contribution < 1.29 is 14.7 Å². The number of carboxylic acids is 1. The highest BCUT2D eigenvalue weighted by Crippen LogP contribution is 2.53. The van der Waals surface area contributed by atoms with Crippen LogP contribution < -0.4 is 5.32 Å². The average Bonchev–Trinajstić information content (AvgIpc) is 2.86. The summed E-state index contributed by atoms with van der Waals surface area (Å²) in [6, 6.07) is 4.11. The van der Waals surface area contributed by atoms with Crippen LogP contribution in [0.25, 0.3) is 0 Å². The zero-order valence-corrected chi connectivity index (χ0v) is 11.5. The molecule has 0 radical (unpaired) electrons. The maximum atomic E-state index is 12.1. The zero-order valence-electron chi connectivity index (χ0n) is 10.7. The van der Waals surface area contributed by atoms with E-state index in [2.05, 4.69) is 11.4 Å². The Morgan fingerprint density at radius 2 is 2.10 bits per heavy atom. The molecule has 7 heteroatoms. The molecule has 1 aliphatic heterocycles. The van der Waals surface area contributed by atoms with Crippen molar-refractivity contribution >= 4 is 23.6 Å². The van der Waals surface area contributed by atoms with E-state index in [4.69, 9.17) is 5.11 Å². The first-order chi connectivity index (χ1) is 9.55. The first-order valence-electron chi connectivity index (χ1n) is 6.25. The molecule has 0 aromatic carbocycles. The third kappa shape index (κ3) is 2.25. The van der Waals surface area contributed by atoms with Crippen LogP contribution >= 0.6 is 11.8 Å². The number of carbonyl (C=O) groups excluding carboxylic acids is 1. The smallest absolute Gasteiger partial charge is 0.313 e. The van der Waals surface area contributed by atoms with E-state index in [-0.39, 0.29) is 5.75 Å². The van der Waals surface area contributed by atoms with Crippen LogP contribution in [0.1, 0.15) is 25.7 Å². The number of nitriles is 2. The molecule has 0 unspecified atom stereocenters. The summed E-state index contributed by atoms with van der Waals surface area (Å²) in [5, 5.41) is 30.2. The highest BCUT2D eigenvalue weighted by Gasteiger charge is 2.52. The maximum absolute atomic E-state index is 12.1. The number of thioether (sulfide) groups is 1. The zero-order chi connectivity index (χ0) is 14.8. The van der Waals surface area contributed by atoms with Gasteiger partial charge in [-0.1, -0.05) is 24.6 Å². The molecule has 1 amide bonds. The molecule has 0 saturated heterocycles. The molecule has 1 aliphatic carbocycles. The summed E-state index contributed by atoms with van der Waals surface area (Å²) in [7, 11) is 0. The fourth-order valence-corrected chi connectivity index (χ4v) is 3.83. The van der Waals surface area contributed by atoms with Crippen LogP contribution in [0.2, 0.25) is 0 Å². The van der Waals surface area contributed by atoms with Gasteiger partial charge in [-0.05, 0) is 12.8 Å². The second kappa shape index (κ2) is 5.56. The van der Waals surface area contributed by atoms with Crippen molar-refractivity contribution in [1.82, 2.24) is 5.32 Å². The van der Waals surface area contributed by atoms with Gasteiger partial charge >= 0.3 is 5.97 Å². The number of nitrogens with zero attached hydrogens (tertiary/aromatic N) is 2. The SMILES string of the molecule is N#CC1=C(SCC(=O)O)NC(=O)[C@H](C#N)C12CCCC2. The summed E-state index contributed by atoms with van der Waals surface area (Å²) in [4.78, 5) is 22.7. The molecule has 1 heterocycles. The fraction of sp³-hybridized carbons (Fsp3) is 0.538. The number of hydrogen-bond donors (Lipinski definition) is 2. The van der Waals surface area contributed by atoms with Gasteiger partial charge in [0.25, 0.3) is 0 Å². The van der Waals surface area contributed by atoms with Crippen LogP contribution in [0.4, 0.5) is 0 Å². The van der Waals surface area contributed by atoms with E-state index in [1.54, 1.807) is 0 Å². The second-order valence-corrected chi connectivity index (χ2v) is 5.90. The van der Waals surface area contributed by atoms with Gasteiger partial charge in [0, 0.05) is 5.41 Å². The van der Waals surface area contributed by atoms with Crippen molar-refractivity contribution in [3.05, 3.63) is 10.6 Å². The van der Waals surface area contributed by atoms with Crippen molar-refractivity contribution in [3.63, 3.8) is 0 Å². The molecule has 20 heavy (non-hydrogen) atoms. The van der Waals surface area contributed by atoms with E-state index in [1.165, 1.54) is 0 Å². The molecule has 2 aliphatic rings. The van der Waals surface area contributed by atoms with E-state index < -0.39 is 23.2 Å². The molecule has 2 N–H and O–H groups in total. The minimum atomic E-state index is -1.02. The molecule has 1 spiro atoms. The lowest BCUT2D eigenvalue weighted by Gasteiger charge is -2.37. The molecule has 0 aromatic rings. The Hall–Kier alpha value is -1.99. The standard InChI is InChI=1S/C13H13N3O3S/c14-5-8-11(19)16-12(20-7-10(17)18)9(6-15)13(8)3-1-2-4-13/h8H,1-4,7H2,(H,16,19)(H,17,18)/t8-/m0/s1. The Morgan fingerprint density at radius 1 is 1.45 bits per heavy atom. The largest absolute Gasteiger partial charge is 0.481 e. The van der Waals surface area contributed by atoms with Gasteiger partial charge in [-0.2, -0.15) is 10.5 Å². The summed E-state index contributed by atoms with van der Waals surface area (Å²) in [5.74, 6) is -2.54. The first-order valence-corrected chi connectivity index (χ1v) is 7.23. The van der Waals surface area contributed by atoms with Crippen molar-refractivity contribution in [3.8, 4) is 12.1 Å². The van der Waals surface area contributed by atoms with E-state index in [9.17, 15) is 20.1 Å².